The fraction of sp³-hybridized carbons (Fsp3) is 0.333. The van der Waals surface area contributed by atoms with Gasteiger partial charge in [-0.15, -0.1) is 0 Å². The SMILES string of the molecule is Cn1cnc2ccc(CN3C=NCC3)cc21. The molecule has 4 heteroatoms. The van der Waals surface area contributed by atoms with Gasteiger partial charge in [0.05, 0.1) is 30.2 Å². The maximum absolute atomic E-state index is 4.31. The van der Waals surface area contributed by atoms with Gasteiger partial charge >= 0.3 is 0 Å². The molecule has 1 aromatic heterocycles. The Morgan fingerprint density at radius 3 is 3.12 bits per heavy atom. The van der Waals surface area contributed by atoms with Crippen LogP contribution in [0.1, 0.15) is 5.56 Å². The van der Waals surface area contributed by atoms with Gasteiger partial charge in [-0.25, -0.2) is 4.98 Å². The molecule has 0 aliphatic carbocycles. The predicted octanol–water partition coefficient (Wildman–Crippen LogP) is 1.42. The molecule has 0 spiro atoms. The van der Waals surface area contributed by atoms with Crippen molar-refractivity contribution < 1.29 is 0 Å². The molecule has 0 amide bonds. The number of rotatable bonds is 2. The molecule has 0 bridgehead atoms. The van der Waals surface area contributed by atoms with Crippen LogP contribution < -0.4 is 0 Å². The summed E-state index contributed by atoms with van der Waals surface area (Å²) in [5.41, 5.74) is 3.56. The lowest BCUT2D eigenvalue weighted by Crippen LogP contribution is -2.18. The molecular weight excluding hydrogens is 200 g/mol. The molecule has 2 heterocycles. The summed E-state index contributed by atoms with van der Waals surface area (Å²) < 4.78 is 2.05. The molecule has 16 heavy (non-hydrogen) atoms. The summed E-state index contributed by atoms with van der Waals surface area (Å²) in [7, 11) is 2.02. The third kappa shape index (κ3) is 1.56. The second-order valence-electron chi connectivity index (χ2n) is 4.17. The second-order valence-corrected chi connectivity index (χ2v) is 4.17. The molecule has 0 fully saturated rings. The van der Waals surface area contributed by atoms with Gasteiger partial charge in [0.1, 0.15) is 0 Å². The van der Waals surface area contributed by atoms with E-state index < -0.39 is 0 Å². The Kier molecular flexibility index (Phi) is 2.13. The number of aromatic nitrogens is 2. The molecule has 0 saturated heterocycles. The number of aryl methyl sites for hydroxylation is 1. The van der Waals surface area contributed by atoms with E-state index >= 15 is 0 Å². The Bertz CT molecular complexity index is 541. The van der Waals surface area contributed by atoms with Crippen molar-refractivity contribution in [3.8, 4) is 0 Å². The Morgan fingerprint density at radius 1 is 1.38 bits per heavy atom. The highest BCUT2D eigenvalue weighted by Crippen LogP contribution is 2.15. The summed E-state index contributed by atoms with van der Waals surface area (Å²) in [5, 5.41) is 0. The molecule has 1 aliphatic rings. The Morgan fingerprint density at radius 2 is 2.31 bits per heavy atom. The largest absolute Gasteiger partial charge is 0.357 e. The molecular formula is C12H14N4. The first-order valence-electron chi connectivity index (χ1n) is 5.47. The zero-order valence-corrected chi connectivity index (χ0v) is 9.30. The van der Waals surface area contributed by atoms with Crippen molar-refractivity contribution in [2.24, 2.45) is 12.0 Å². The molecule has 0 radical (unpaired) electrons. The topological polar surface area (TPSA) is 33.4 Å². The summed E-state index contributed by atoms with van der Waals surface area (Å²) >= 11 is 0. The maximum Gasteiger partial charge on any atom is 0.0955 e. The quantitative estimate of drug-likeness (QED) is 0.757. The van der Waals surface area contributed by atoms with E-state index in [1.807, 2.05) is 19.7 Å². The minimum absolute atomic E-state index is 0.925. The van der Waals surface area contributed by atoms with Crippen LogP contribution in [0, 0.1) is 0 Å². The number of aliphatic imine (C=N–C) groups is 1. The van der Waals surface area contributed by atoms with Crippen molar-refractivity contribution in [3.63, 3.8) is 0 Å². The van der Waals surface area contributed by atoms with Crippen LogP contribution in [0.15, 0.2) is 29.5 Å². The van der Waals surface area contributed by atoms with E-state index in [9.17, 15) is 0 Å². The highest BCUT2D eigenvalue weighted by molar-refractivity contribution is 5.76. The summed E-state index contributed by atoms with van der Waals surface area (Å²) in [4.78, 5) is 10.8. The van der Waals surface area contributed by atoms with E-state index in [0.29, 0.717) is 0 Å². The fourth-order valence-electron chi connectivity index (χ4n) is 2.04. The maximum atomic E-state index is 4.31. The monoisotopic (exact) mass is 214 g/mol. The van der Waals surface area contributed by atoms with E-state index in [4.69, 9.17) is 0 Å². The summed E-state index contributed by atoms with van der Waals surface area (Å²) in [6.45, 7) is 2.89. The van der Waals surface area contributed by atoms with Gasteiger partial charge in [0.2, 0.25) is 0 Å². The molecule has 0 unspecified atom stereocenters. The Balaban J connectivity index is 1.91. The number of fused-ring (bicyclic) bond motifs is 1. The van der Waals surface area contributed by atoms with Gasteiger partial charge in [-0.05, 0) is 17.7 Å². The number of imidazole rings is 1. The Labute approximate surface area is 94.2 Å². The molecule has 2 aromatic rings. The zero-order valence-electron chi connectivity index (χ0n) is 9.30. The summed E-state index contributed by atoms with van der Waals surface area (Å²) in [6, 6.07) is 6.42. The molecule has 0 N–H and O–H groups in total. The summed E-state index contributed by atoms with van der Waals surface area (Å²) in [5.74, 6) is 0. The van der Waals surface area contributed by atoms with Crippen LogP contribution in [-0.4, -0.2) is 33.9 Å². The van der Waals surface area contributed by atoms with E-state index in [0.717, 1.165) is 25.2 Å². The standard InChI is InChI=1S/C12H14N4/c1-15-9-14-11-3-2-10(6-12(11)15)7-16-5-4-13-8-16/h2-3,6,8-9H,4-5,7H2,1H3. The number of nitrogens with zero attached hydrogens (tertiary/aromatic N) is 4. The molecule has 0 atom stereocenters. The molecule has 0 saturated carbocycles. The van der Waals surface area contributed by atoms with Crippen molar-refractivity contribution in [1.29, 1.82) is 0 Å². The first-order valence-corrected chi connectivity index (χ1v) is 5.47. The van der Waals surface area contributed by atoms with Crippen LogP contribution in [0.2, 0.25) is 0 Å². The van der Waals surface area contributed by atoms with Gasteiger partial charge in [-0.1, -0.05) is 6.07 Å². The van der Waals surface area contributed by atoms with Gasteiger partial charge in [0, 0.05) is 20.1 Å². The molecule has 4 nitrogen and oxygen atoms in total. The van der Waals surface area contributed by atoms with Crippen LogP contribution in [0.5, 0.6) is 0 Å². The normalized spacial score (nSPS) is 15.2. The average Bonchev–Trinajstić information content (AvgIpc) is 2.90. The molecule has 3 rings (SSSR count). The van der Waals surface area contributed by atoms with Crippen molar-refractivity contribution >= 4 is 17.4 Å². The molecule has 1 aliphatic heterocycles. The third-order valence-electron chi connectivity index (χ3n) is 2.94. The van der Waals surface area contributed by atoms with E-state index in [2.05, 4.69) is 37.6 Å². The van der Waals surface area contributed by atoms with Crippen LogP contribution >= 0.6 is 0 Å². The van der Waals surface area contributed by atoms with E-state index in [-0.39, 0.29) is 0 Å². The highest BCUT2D eigenvalue weighted by Gasteiger charge is 2.07. The van der Waals surface area contributed by atoms with Crippen LogP contribution in [0.4, 0.5) is 0 Å². The van der Waals surface area contributed by atoms with Crippen molar-refractivity contribution in [1.82, 2.24) is 14.5 Å². The highest BCUT2D eigenvalue weighted by atomic mass is 15.2. The Hall–Kier alpha value is -1.84. The first kappa shape index (κ1) is 9.39. The minimum Gasteiger partial charge on any atom is -0.357 e. The van der Waals surface area contributed by atoms with Crippen molar-refractivity contribution in [2.45, 2.75) is 6.54 Å². The number of hydrogen-bond donors (Lipinski definition) is 0. The minimum atomic E-state index is 0.925. The predicted molar refractivity (Wildman–Crippen MR) is 64.5 cm³/mol. The van der Waals surface area contributed by atoms with Gasteiger partial charge < -0.3 is 9.47 Å². The van der Waals surface area contributed by atoms with Crippen molar-refractivity contribution in [3.05, 3.63) is 30.1 Å². The average molecular weight is 214 g/mol. The second kappa shape index (κ2) is 3.63. The lowest BCUT2D eigenvalue weighted by Gasteiger charge is -2.13. The zero-order chi connectivity index (χ0) is 11.0. The van der Waals surface area contributed by atoms with Gasteiger partial charge in [-0.2, -0.15) is 0 Å². The van der Waals surface area contributed by atoms with Crippen LogP contribution in [-0.2, 0) is 13.6 Å². The molecule has 82 valence electrons. The van der Waals surface area contributed by atoms with Gasteiger partial charge in [-0.3, -0.25) is 4.99 Å². The third-order valence-corrected chi connectivity index (χ3v) is 2.94. The van der Waals surface area contributed by atoms with Crippen LogP contribution in [0.3, 0.4) is 0 Å². The fourth-order valence-corrected chi connectivity index (χ4v) is 2.04. The van der Waals surface area contributed by atoms with E-state index in [1.54, 1.807) is 0 Å². The first-order chi connectivity index (χ1) is 7.83. The smallest absolute Gasteiger partial charge is 0.0955 e. The van der Waals surface area contributed by atoms with E-state index in [1.165, 1.54) is 11.1 Å². The summed E-state index contributed by atoms with van der Waals surface area (Å²) in [6.07, 6.45) is 3.79. The van der Waals surface area contributed by atoms with Gasteiger partial charge in [0.15, 0.2) is 0 Å². The number of hydrogen-bond acceptors (Lipinski definition) is 3. The lowest BCUT2D eigenvalue weighted by molar-refractivity contribution is 0.463. The molecule has 1 aromatic carbocycles. The van der Waals surface area contributed by atoms with Gasteiger partial charge in [0.25, 0.3) is 0 Å². The number of benzene rings is 1. The lowest BCUT2D eigenvalue weighted by atomic mass is 10.2. The van der Waals surface area contributed by atoms with Crippen molar-refractivity contribution in [2.75, 3.05) is 13.1 Å². The van der Waals surface area contributed by atoms with Crippen LogP contribution in [0.25, 0.3) is 11.0 Å².